The summed E-state index contributed by atoms with van der Waals surface area (Å²) in [6.07, 6.45) is 0. The summed E-state index contributed by atoms with van der Waals surface area (Å²) in [7, 11) is 0. The van der Waals surface area contributed by atoms with Crippen molar-refractivity contribution < 1.29 is 0 Å². The van der Waals surface area contributed by atoms with Crippen LogP contribution in [0.15, 0.2) is 303 Å². The molecule has 0 N–H and O–H groups in total. The van der Waals surface area contributed by atoms with Gasteiger partial charge < -0.3 is 24.5 Å². The Balaban J connectivity index is 1.06. The van der Waals surface area contributed by atoms with E-state index in [9.17, 15) is 0 Å². The van der Waals surface area contributed by atoms with Gasteiger partial charge in [0.05, 0.1) is 34.1 Å². The fraction of sp³-hybridized carbons (Fsp3) is 0.0120. The van der Waals surface area contributed by atoms with Crippen LogP contribution in [-0.2, 0) is 0 Å². The van der Waals surface area contributed by atoms with E-state index in [1.807, 2.05) is 0 Å². The number of para-hydroxylation sites is 5. The van der Waals surface area contributed by atoms with Gasteiger partial charge in [-0.1, -0.05) is 218 Å². The minimum absolute atomic E-state index is 0.106. The second kappa shape index (κ2) is 18.0. The predicted octanol–water partition coefficient (Wildman–Crippen LogP) is 17.7. The maximum absolute atomic E-state index is 2.73. The molecule has 414 valence electrons. The first kappa shape index (κ1) is 48.6. The standard InChI is InChI=1S/C83H51B2N5/c1-7-27-51(28-8-1)69-70-61-43-23-19-29-52(61)47-65-72(70)84-73-66(48-53-30-20-24-44-62(53)71(69)73)87(57-35-11-3-12-36-57)81-76(84)80(86(65)56-33-9-2-10-34-56)82-77-83(81)89(59-39-15-5-16-40-59)68-50-55-32-22-26-46-64(55)79-75(68)85(77)74-67(88(82)58-37-13-4-14-38-58)49-54-31-21-25-45-63(54)78(74)90(79)60-41-17-6-18-42-60/h1-50,69H. The van der Waals surface area contributed by atoms with Crippen molar-refractivity contribution in [2.24, 2.45) is 0 Å². The van der Waals surface area contributed by atoms with Crippen LogP contribution in [-0.4, -0.2) is 13.4 Å². The molecule has 5 nitrogen and oxygen atoms in total. The maximum Gasteiger partial charge on any atom is 0.257 e. The van der Waals surface area contributed by atoms with E-state index in [2.05, 4.69) is 328 Å². The van der Waals surface area contributed by atoms with Crippen molar-refractivity contribution in [3.63, 3.8) is 0 Å². The van der Waals surface area contributed by atoms with Crippen LogP contribution in [0.1, 0.15) is 22.6 Å². The van der Waals surface area contributed by atoms with Crippen molar-refractivity contribution in [2.45, 2.75) is 5.92 Å². The summed E-state index contributed by atoms with van der Waals surface area (Å²) in [5, 5.41) is 9.85. The molecule has 0 aliphatic carbocycles. The summed E-state index contributed by atoms with van der Waals surface area (Å²) in [4.78, 5) is 13.5. The molecule has 0 spiro atoms. The zero-order chi connectivity index (χ0) is 58.4. The second-order valence-corrected chi connectivity index (χ2v) is 24.9. The van der Waals surface area contributed by atoms with E-state index in [0.717, 1.165) is 28.4 Å². The SMILES string of the molecule is c1ccc(C2c3c4c(cc5ccccc35)N(c3ccccc3)c3c5c(c6c7c3N(c3ccccc3)c3cc8ccccc8c8c3B7c3c(cc7ccccc7c3N8c3ccccc3)N6c3ccccc3)N(c3ccccc3)c3cc6ccccc6c2c3B54)cc1. The third kappa shape index (κ3) is 6.23. The molecule has 15 aromatic rings. The molecule has 0 fully saturated rings. The predicted molar refractivity (Wildman–Crippen MR) is 380 cm³/mol. The highest BCUT2D eigenvalue weighted by Crippen LogP contribution is 2.62. The lowest BCUT2D eigenvalue weighted by Gasteiger charge is -2.55. The number of hydrogen-bond donors (Lipinski definition) is 0. The number of hydrogen-bond acceptors (Lipinski definition) is 5. The molecule has 6 aliphatic rings. The number of nitrogens with zero attached hydrogens (tertiary/aromatic N) is 5. The molecule has 15 aromatic carbocycles. The monoisotopic (exact) mass is 1140 g/mol. The Labute approximate surface area is 522 Å². The van der Waals surface area contributed by atoms with Gasteiger partial charge in [0.15, 0.2) is 0 Å². The molecule has 0 saturated heterocycles. The molecule has 7 heteroatoms. The lowest BCUT2D eigenvalue weighted by atomic mass is 9.27. The largest absolute Gasteiger partial charge is 0.310 e. The third-order valence-electron chi connectivity index (χ3n) is 20.6. The summed E-state index contributed by atoms with van der Waals surface area (Å²) < 4.78 is 0. The van der Waals surface area contributed by atoms with Gasteiger partial charge in [-0.15, -0.1) is 0 Å². The summed E-state index contributed by atoms with van der Waals surface area (Å²) in [6.45, 7) is -0.454. The fourth-order valence-corrected chi connectivity index (χ4v) is 17.4. The van der Waals surface area contributed by atoms with Crippen LogP contribution in [0.4, 0.5) is 85.3 Å². The number of benzene rings is 15. The third-order valence-corrected chi connectivity index (χ3v) is 20.6. The Kier molecular flexibility index (Phi) is 9.74. The van der Waals surface area contributed by atoms with Gasteiger partial charge >= 0.3 is 0 Å². The molecule has 0 aromatic heterocycles. The highest BCUT2D eigenvalue weighted by molar-refractivity contribution is 7.05. The van der Waals surface area contributed by atoms with Crippen molar-refractivity contribution in [2.75, 3.05) is 24.5 Å². The first-order valence-electron chi connectivity index (χ1n) is 31.5. The zero-order valence-electron chi connectivity index (χ0n) is 48.8. The van der Waals surface area contributed by atoms with E-state index in [1.54, 1.807) is 0 Å². The molecule has 0 saturated carbocycles. The molecule has 0 radical (unpaired) electrons. The van der Waals surface area contributed by atoms with E-state index >= 15 is 0 Å². The zero-order valence-corrected chi connectivity index (χ0v) is 48.8. The van der Waals surface area contributed by atoms with Crippen LogP contribution in [0.2, 0.25) is 0 Å². The summed E-state index contributed by atoms with van der Waals surface area (Å²) in [5.74, 6) is -0.106. The van der Waals surface area contributed by atoms with Crippen molar-refractivity contribution in [3.8, 4) is 0 Å². The fourth-order valence-electron chi connectivity index (χ4n) is 17.4. The topological polar surface area (TPSA) is 16.2 Å². The molecule has 90 heavy (non-hydrogen) atoms. The maximum atomic E-state index is 2.73. The second-order valence-electron chi connectivity index (χ2n) is 24.9. The average molecular weight is 1140 g/mol. The van der Waals surface area contributed by atoms with E-state index < -0.39 is 0 Å². The van der Waals surface area contributed by atoms with Crippen LogP contribution < -0.4 is 57.3 Å². The Morgan fingerprint density at radius 1 is 0.211 bits per heavy atom. The molecule has 6 heterocycles. The lowest BCUT2D eigenvalue weighted by molar-refractivity contribution is 1.00. The van der Waals surface area contributed by atoms with Crippen LogP contribution >= 0.6 is 0 Å². The highest BCUT2D eigenvalue weighted by atomic mass is 15.3. The Hall–Kier alpha value is -11.5. The first-order chi connectivity index (χ1) is 44.8. The van der Waals surface area contributed by atoms with Gasteiger partial charge in [0.2, 0.25) is 0 Å². The minimum Gasteiger partial charge on any atom is -0.310 e. The summed E-state index contributed by atoms with van der Waals surface area (Å²) in [6, 6.07) is 115. The Morgan fingerprint density at radius 3 is 0.811 bits per heavy atom. The molecule has 0 atom stereocenters. The highest BCUT2D eigenvalue weighted by Gasteiger charge is 2.59. The van der Waals surface area contributed by atoms with E-state index in [1.165, 1.54) is 149 Å². The number of rotatable bonds is 6. The summed E-state index contributed by atoms with van der Waals surface area (Å²) >= 11 is 0. The van der Waals surface area contributed by atoms with Crippen molar-refractivity contribution in [3.05, 3.63) is 320 Å². The van der Waals surface area contributed by atoms with Gasteiger partial charge in [-0.05, 0) is 167 Å². The van der Waals surface area contributed by atoms with Gasteiger partial charge in [0.25, 0.3) is 13.4 Å². The molecular weight excluding hydrogens is 1090 g/mol. The van der Waals surface area contributed by atoms with E-state index in [4.69, 9.17) is 0 Å². The van der Waals surface area contributed by atoms with Crippen LogP contribution in [0.5, 0.6) is 0 Å². The van der Waals surface area contributed by atoms with Gasteiger partial charge in [0.1, 0.15) is 0 Å². The Bertz CT molecular complexity index is 4940. The van der Waals surface area contributed by atoms with Crippen LogP contribution in [0.3, 0.4) is 0 Å². The normalized spacial score (nSPS) is 14.2. The van der Waals surface area contributed by atoms with Gasteiger partial charge in [0, 0.05) is 67.9 Å². The van der Waals surface area contributed by atoms with Crippen molar-refractivity contribution >= 4 is 175 Å². The quantitative estimate of drug-likeness (QED) is 0.154. The Morgan fingerprint density at radius 2 is 0.467 bits per heavy atom. The average Bonchev–Trinajstić information content (AvgIpc) is 0.648. The number of anilines is 15. The van der Waals surface area contributed by atoms with E-state index in [-0.39, 0.29) is 19.3 Å². The minimum atomic E-state index is -0.244. The number of fused-ring (bicyclic) bond motifs is 10. The first-order valence-corrected chi connectivity index (χ1v) is 31.5. The molecule has 0 bridgehead atoms. The lowest BCUT2D eigenvalue weighted by Crippen LogP contribution is -2.69. The van der Waals surface area contributed by atoms with Gasteiger partial charge in [-0.2, -0.15) is 0 Å². The van der Waals surface area contributed by atoms with Crippen molar-refractivity contribution in [1.29, 1.82) is 0 Å². The molecular formula is C83H51B2N5. The van der Waals surface area contributed by atoms with Crippen LogP contribution in [0.25, 0.3) is 43.1 Å². The smallest absolute Gasteiger partial charge is 0.257 e. The molecule has 6 aliphatic heterocycles. The molecule has 0 unspecified atom stereocenters. The van der Waals surface area contributed by atoms with E-state index in [0.29, 0.717) is 0 Å². The molecule has 0 amide bonds. The van der Waals surface area contributed by atoms with Gasteiger partial charge in [-0.3, -0.25) is 0 Å². The molecule has 21 rings (SSSR count). The summed E-state index contributed by atoms with van der Waals surface area (Å²) in [5.41, 5.74) is 29.5. The van der Waals surface area contributed by atoms with Crippen molar-refractivity contribution in [1.82, 2.24) is 0 Å². The van der Waals surface area contributed by atoms with Crippen LogP contribution in [0, 0.1) is 0 Å². The van der Waals surface area contributed by atoms with Gasteiger partial charge in [-0.25, -0.2) is 0 Å².